The number of hydrogen-bond donors (Lipinski definition) is 1. The summed E-state index contributed by atoms with van der Waals surface area (Å²) in [5.41, 5.74) is 1.45. The topological polar surface area (TPSA) is 62.3 Å². The van der Waals surface area contributed by atoms with Gasteiger partial charge in [0.05, 0.1) is 17.2 Å². The van der Waals surface area contributed by atoms with Crippen molar-refractivity contribution in [2.75, 3.05) is 36.5 Å². The van der Waals surface area contributed by atoms with Gasteiger partial charge in [-0.25, -0.2) is 13.4 Å². The molecule has 1 aliphatic heterocycles. The van der Waals surface area contributed by atoms with Crippen LogP contribution in [0, 0.1) is 5.41 Å². The van der Waals surface area contributed by atoms with Crippen molar-refractivity contribution in [3.8, 4) is 0 Å². The molecule has 1 aromatic heterocycles. The maximum atomic E-state index is 11.6. The van der Waals surface area contributed by atoms with Crippen LogP contribution in [0.5, 0.6) is 0 Å². The number of thiazole rings is 1. The predicted molar refractivity (Wildman–Crippen MR) is 86.9 cm³/mol. The molecule has 7 heteroatoms. The summed E-state index contributed by atoms with van der Waals surface area (Å²) in [5, 5.41) is 4.39. The van der Waals surface area contributed by atoms with Gasteiger partial charge in [0.1, 0.15) is 0 Å². The van der Waals surface area contributed by atoms with E-state index in [1.54, 1.807) is 11.3 Å². The normalized spacial score (nSPS) is 27.4. The SMILES string of the molecule is CNC1CC(C)(C)Cc2nc(N3CCS(=O)(=O)CC3)sc21. The highest BCUT2D eigenvalue weighted by atomic mass is 32.2. The Labute approximate surface area is 130 Å². The summed E-state index contributed by atoms with van der Waals surface area (Å²) in [6.07, 6.45) is 2.12. The molecule has 0 amide bonds. The van der Waals surface area contributed by atoms with E-state index in [4.69, 9.17) is 4.98 Å². The molecule has 0 bridgehead atoms. The van der Waals surface area contributed by atoms with Gasteiger partial charge >= 0.3 is 0 Å². The summed E-state index contributed by atoms with van der Waals surface area (Å²) in [4.78, 5) is 8.29. The Morgan fingerprint density at radius 2 is 2.00 bits per heavy atom. The van der Waals surface area contributed by atoms with Gasteiger partial charge in [-0.05, 0) is 25.3 Å². The van der Waals surface area contributed by atoms with Crippen LogP contribution in [-0.2, 0) is 16.3 Å². The van der Waals surface area contributed by atoms with Crippen LogP contribution >= 0.6 is 11.3 Å². The fourth-order valence-electron chi connectivity index (χ4n) is 3.19. The average molecular weight is 329 g/mol. The largest absolute Gasteiger partial charge is 0.346 e. The number of hydrogen-bond acceptors (Lipinski definition) is 6. The lowest BCUT2D eigenvalue weighted by atomic mass is 9.76. The van der Waals surface area contributed by atoms with Gasteiger partial charge in [0.15, 0.2) is 15.0 Å². The minimum absolute atomic E-state index is 0.248. The molecule has 2 aliphatic rings. The van der Waals surface area contributed by atoms with Crippen molar-refractivity contribution in [3.05, 3.63) is 10.6 Å². The number of rotatable bonds is 2. The van der Waals surface area contributed by atoms with Crippen molar-refractivity contribution in [1.82, 2.24) is 10.3 Å². The summed E-state index contributed by atoms with van der Waals surface area (Å²) in [5.74, 6) is 0.496. The van der Waals surface area contributed by atoms with Crippen LogP contribution in [0.1, 0.15) is 36.9 Å². The third-order valence-electron chi connectivity index (χ3n) is 4.40. The summed E-state index contributed by atoms with van der Waals surface area (Å²) >= 11 is 1.73. The Hall–Kier alpha value is -0.660. The quantitative estimate of drug-likeness (QED) is 0.893. The lowest BCUT2D eigenvalue weighted by molar-refractivity contribution is 0.265. The minimum atomic E-state index is -2.84. The van der Waals surface area contributed by atoms with Crippen molar-refractivity contribution in [2.24, 2.45) is 5.41 Å². The molecule has 2 heterocycles. The van der Waals surface area contributed by atoms with E-state index in [0.29, 0.717) is 19.1 Å². The number of anilines is 1. The van der Waals surface area contributed by atoms with Crippen LogP contribution in [0.3, 0.4) is 0 Å². The molecule has 5 nitrogen and oxygen atoms in total. The van der Waals surface area contributed by atoms with E-state index < -0.39 is 9.84 Å². The second-order valence-corrected chi connectivity index (χ2v) is 10.1. The van der Waals surface area contributed by atoms with E-state index in [-0.39, 0.29) is 16.9 Å². The standard InChI is InChI=1S/C14H23N3O2S2/c1-14(2)8-10(15-3)12-11(9-14)16-13(20-12)17-4-6-21(18,19)7-5-17/h10,15H,4-9H2,1-3H3. The summed E-state index contributed by atoms with van der Waals surface area (Å²) in [7, 11) is -0.834. The Morgan fingerprint density at radius 3 is 2.62 bits per heavy atom. The van der Waals surface area contributed by atoms with Gasteiger partial charge in [0.25, 0.3) is 0 Å². The number of nitrogens with one attached hydrogen (secondary N) is 1. The van der Waals surface area contributed by atoms with Crippen LogP contribution in [0.4, 0.5) is 5.13 Å². The van der Waals surface area contributed by atoms with Gasteiger partial charge in [-0.1, -0.05) is 25.2 Å². The Kier molecular flexibility index (Phi) is 3.78. The number of sulfone groups is 1. The third kappa shape index (κ3) is 3.10. The average Bonchev–Trinajstić information content (AvgIpc) is 2.79. The number of aromatic nitrogens is 1. The van der Waals surface area contributed by atoms with Gasteiger partial charge in [-0.15, -0.1) is 0 Å². The molecule has 1 atom stereocenters. The fraction of sp³-hybridized carbons (Fsp3) is 0.786. The Bertz CT molecular complexity index is 623. The molecule has 1 aliphatic carbocycles. The highest BCUT2D eigenvalue weighted by molar-refractivity contribution is 7.91. The second-order valence-electron chi connectivity index (χ2n) is 6.83. The zero-order valence-electron chi connectivity index (χ0n) is 12.8. The van der Waals surface area contributed by atoms with Gasteiger partial charge in [-0.2, -0.15) is 0 Å². The molecule has 1 unspecified atom stereocenters. The van der Waals surface area contributed by atoms with E-state index in [2.05, 4.69) is 24.1 Å². The molecular formula is C14H23N3O2S2. The lowest BCUT2D eigenvalue weighted by Crippen LogP contribution is -2.40. The van der Waals surface area contributed by atoms with Crippen molar-refractivity contribution < 1.29 is 8.42 Å². The molecule has 1 aromatic rings. The van der Waals surface area contributed by atoms with Gasteiger partial charge < -0.3 is 10.2 Å². The molecule has 0 saturated carbocycles. The predicted octanol–water partition coefficient (Wildman–Crippen LogP) is 1.61. The van der Waals surface area contributed by atoms with Crippen LogP contribution < -0.4 is 10.2 Å². The lowest BCUT2D eigenvalue weighted by Gasteiger charge is -2.34. The molecule has 118 valence electrons. The fourth-order valence-corrected chi connectivity index (χ4v) is 5.64. The Morgan fingerprint density at radius 1 is 1.33 bits per heavy atom. The molecule has 21 heavy (non-hydrogen) atoms. The van der Waals surface area contributed by atoms with Crippen molar-refractivity contribution in [1.29, 1.82) is 0 Å². The van der Waals surface area contributed by atoms with Gasteiger partial charge in [0.2, 0.25) is 0 Å². The number of fused-ring (bicyclic) bond motifs is 1. The zero-order valence-corrected chi connectivity index (χ0v) is 14.5. The molecule has 1 saturated heterocycles. The zero-order chi connectivity index (χ0) is 15.3. The number of nitrogens with zero attached hydrogens (tertiary/aromatic N) is 2. The van der Waals surface area contributed by atoms with E-state index >= 15 is 0 Å². The first-order chi connectivity index (χ1) is 9.80. The van der Waals surface area contributed by atoms with E-state index in [1.807, 2.05) is 7.05 Å². The van der Waals surface area contributed by atoms with Crippen LogP contribution in [-0.4, -0.2) is 45.0 Å². The summed E-state index contributed by atoms with van der Waals surface area (Å²) in [6.45, 7) is 5.71. The third-order valence-corrected chi connectivity index (χ3v) is 7.28. The maximum Gasteiger partial charge on any atom is 0.185 e. The molecular weight excluding hydrogens is 306 g/mol. The maximum absolute atomic E-state index is 11.6. The van der Waals surface area contributed by atoms with Crippen molar-refractivity contribution >= 4 is 26.3 Å². The van der Waals surface area contributed by atoms with E-state index in [0.717, 1.165) is 18.0 Å². The van der Waals surface area contributed by atoms with Gasteiger partial charge in [0, 0.05) is 24.0 Å². The smallest absolute Gasteiger partial charge is 0.185 e. The molecule has 1 fully saturated rings. The Balaban J connectivity index is 1.86. The van der Waals surface area contributed by atoms with E-state index in [9.17, 15) is 8.42 Å². The molecule has 0 radical (unpaired) electrons. The van der Waals surface area contributed by atoms with Crippen molar-refractivity contribution in [2.45, 2.75) is 32.7 Å². The minimum Gasteiger partial charge on any atom is -0.346 e. The second kappa shape index (κ2) is 5.21. The van der Waals surface area contributed by atoms with Crippen molar-refractivity contribution in [3.63, 3.8) is 0 Å². The first kappa shape index (κ1) is 15.2. The molecule has 3 rings (SSSR count). The first-order valence-corrected chi connectivity index (χ1v) is 10.1. The summed E-state index contributed by atoms with van der Waals surface area (Å²) in [6, 6.07) is 0.364. The first-order valence-electron chi connectivity index (χ1n) is 7.42. The van der Waals surface area contributed by atoms with E-state index in [1.165, 1.54) is 10.6 Å². The van der Waals surface area contributed by atoms with Gasteiger partial charge in [-0.3, -0.25) is 0 Å². The highest BCUT2D eigenvalue weighted by Gasteiger charge is 2.35. The van der Waals surface area contributed by atoms with Crippen LogP contribution in [0.2, 0.25) is 0 Å². The van der Waals surface area contributed by atoms with Crippen LogP contribution in [0.15, 0.2) is 0 Å². The summed E-state index contributed by atoms with van der Waals surface area (Å²) < 4.78 is 23.1. The molecule has 0 spiro atoms. The highest BCUT2D eigenvalue weighted by Crippen LogP contribution is 2.44. The monoisotopic (exact) mass is 329 g/mol. The van der Waals surface area contributed by atoms with Crippen LogP contribution in [0.25, 0.3) is 0 Å². The molecule has 1 N–H and O–H groups in total. The molecule has 0 aromatic carbocycles.